The molecule has 0 fully saturated rings. The number of rotatable bonds is 0. The molecular weight excluding hydrogens is 538 g/mol. The molecule has 6 heteroatoms. The Labute approximate surface area is 95.9 Å². The first-order valence-electron chi connectivity index (χ1n) is 1.87. The summed E-state index contributed by atoms with van der Waals surface area (Å²) < 4.78 is 0.580. The van der Waals surface area contributed by atoms with Crippen LogP contribution in [0.5, 0.6) is 0 Å². The Kier molecular flexibility index (Phi) is 8.60. The molecule has 0 aliphatic carbocycles. The van der Waals surface area contributed by atoms with E-state index in [1.165, 1.54) is 0 Å². The molecule has 1 rings (SSSR count). The molecule has 54 valence electrons. The number of nitrogen functional groups attached to an aromatic ring is 1. The van der Waals surface area contributed by atoms with Crippen LogP contribution in [0.25, 0.3) is 0 Å². The summed E-state index contributed by atoms with van der Waals surface area (Å²) in [6.07, 6.45) is 4.81. The van der Waals surface area contributed by atoms with E-state index in [0.717, 1.165) is 0 Å². The predicted octanol–water partition coefficient (Wildman–Crippen LogP) is 0.417. The fraction of sp³-hybridized carbons (Fsp3) is 0. The van der Waals surface area contributed by atoms with Crippen LogP contribution in [0.2, 0.25) is 0 Å². The zero-order chi connectivity index (χ0) is 5.98. The minimum atomic E-state index is 0. The third-order valence-electron chi connectivity index (χ3n) is 0.599. The van der Waals surface area contributed by atoms with E-state index in [2.05, 4.69) is 38.4 Å². The van der Waals surface area contributed by atoms with Gasteiger partial charge in [-0.2, -0.15) is 10.8 Å². The van der Waals surface area contributed by atoms with Gasteiger partial charge >= 0.3 is 0 Å². The molecule has 0 amide bonds. The zero-order valence-corrected chi connectivity index (χ0v) is 12.1. The van der Waals surface area contributed by atoms with Gasteiger partial charge < -0.3 is 15.7 Å². The van der Waals surface area contributed by atoms with E-state index < -0.39 is 0 Å². The number of nitrogens with two attached hydrogens (primary N) is 1. The Morgan fingerprint density at radius 3 is 2.30 bits per heavy atom. The number of hydrogen-bond donors (Lipinski definition) is 1. The quantitative estimate of drug-likeness (QED) is 0.487. The minimum Gasteiger partial charge on any atom is -0.523 e. The largest absolute Gasteiger partial charge is 0.523 e. The van der Waals surface area contributed by atoms with Gasteiger partial charge in [-0.25, -0.2) is 6.20 Å². The molecule has 0 aliphatic heterocycles. The van der Waals surface area contributed by atoms with E-state index in [4.69, 9.17) is 5.73 Å². The van der Waals surface area contributed by atoms with Crippen molar-refractivity contribution in [1.29, 1.82) is 0 Å². The Bertz CT molecular complexity index is 175. The maximum absolute atomic E-state index is 5.26. The summed E-state index contributed by atoms with van der Waals surface area (Å²) >= 11 is 3.07. The Balaban J connectivity index is 0. The number of nitrogens with zero attached hydrogens (tertiary/aromatic N) is 2. The fourth-order valence-electron chi connectivity index (χ4n) is 0.259. The number of anilines is 1. The molecule has 0 atom stereocenters. The topological polar surface area (TPSA) is 51.8 Å². The van der Waals surface area contributed by atoms with Crippen molar-refractivity contribution in [3.8, 4) is 0 Å². The normalized spacial score (nSPS) is 7.30. The first kappa shape index (κ1) is 13.3. The molecule has 0 radical (unpaired) electrons. The van der Waals surface area contributed by atoms with Gasteiger partial charge in [-0.05, 0) is 0 Å². The summed E-state index contributed by atoms with van der Waals surface area (Å²) in [4.78, 5) is 7.00. The standard InChI is InChI=1S/C4H2BrN3.2W/c5-3-1-7-2-8-4(3)6;;/h(H2,6,7,8);;/q-2;;. The van der Waals surface area contributed by atoms with Gasteiger partial charge in [0, 0.05) is 42.1 Å². The van der Waals surface area contributed by atoms with Gasteiger partial charge in [-0.15, -0.1) is 15.9 Å². The smallest absolute Gasteiger partial charge is 0 e. The molecule has 3 nitrogen and oxygen atoms in total. The monoisotopic (exact) mass is 539 g/mol. The van der Waals surface area contributed by atoms with E-state index in [1.807, 2.05) is 0 Å². The zero-order valence-electron chi connectivity index (χ0n) is 4.67. The predicted molar refractivity (Wildman–Crippen MR) is 31.8 cm³/mol. The second-order valence-corrected chi connectivity index (χ2v) is 1.93. The Hall–Kier alpha value is 0.737. The van der Waals surface area contributed by atoms with Crippen molar-refractivity contribution in [3.05, 3.63) is 17.0 Å². The minimum absolute atomic E-state index is 0. The van der Waals surface area contributed by atoms with E-state index in [0.29, 0.717) is 10.3 Å². The van der Waals surface area contributed by atoms with Crippen LogP contribution < -0.4 is 5.73 Å². The molecule has 0 saturated heterocycles. The molecule has 10 heavy (non-hydrogen) atoms. The van der Waals surface area contributed by atoms with Crippen molar-refractivity contribution in [2.45, 2.75) is 0 Å². The summed E-state index contributed by atoms with van der Waals surface area (Å²) in [6, 6.07) is 0. The Morgan fingerprint density at radius 2 is 2.00 bits per heavy atom. The van der Waals surface area contributed by atoms with Crippen LogP contribution in [0.3, 0.4) is 0 Å². The van der Waals surface area contributed by atoms with Crippen LogP contribution in [0, 0.1) is 12.5 Å². The molecule has 0 saturated carbocycles. The summed E-state index contributed by atoms with van der Waals surface area (Å²) in [5, 5.41) is 0. The van der Waals surface area contributed by atoms with Crippen LogP contribution in [-0.2, 0) is 42.1 Å². The molecule has 1 aromatic heterocycles. The summed E-state index contributed by atoms with van der Waals surface area (Å²) in [5.74, 6) is 0.361. The van der Waals surface area contributed by atoms with Gasteiger partial charge in [0.25, 0.3) is 0 Å². The van der Waals surface area contributed by atoms with Gasteiger partial charge in [-0.1, -0.05) is 5.82 Å². The molecule has 0 unspecified atom stereocenters. The summed E-state index contributed by atoms with van der Waals surface area (Å²) in [6.45, 7) is 0. The van der Waals surface area contributed by atoms with E-state index >= 15 is 0 Å². The van der Waals surface area contributed by atoms with Crippen LogP contribution in [0.1, 0.15) is 0 Å². The van der Waals surface area contributed by atoms with Crippen molar-refractivity contribution in [3.63, 3.8) is 0 Å². The number of halogens is 1. The third-order valence-corrected chi connectivity index (χ3v) is 1.18. The average Bonchev–Trinajstić information content (AvgIpc) is 1.77. The van der Waals surface area contributed by atoms with Crippen molar-refractivity contribution in [1.82, 2.24) is 9.97 Å². The van der Waals surface area contributed by atoms with Crippen molar-refractivity contribution in [2.75, 3.05) is 5.73 Å². The molecule has 0 aliphatic rings. The van der Waals surface area contributed by atoms with E-state index in [9.17, 15) is 0 Å². The van der Waals surface area contributed by atoms with Crippen LogP contribution in [-0.4, -0.2) is 9.97 Å². The van der Waals surface area contributed by atoms with E-state index in [1.54, 1.807) is 0 Å². The van der Waals surface area contributed by atoms with Gasteiger partial charge in [0.15, 0.2) is 0 Å². The van der Waals surface area contributed by atoms with Crippen molar-refractivity contribution in [2.24, 2.45) is 0 Å². The first-order valence-corrected chi connectivity index (χ1v) is 2.67. The van der Waals surface area contributed by atoms with Gasteiger partial charge in [0.05, 0.1) is 0 Å². The van der Waals surface area contributed by atoms with Gasteiger partial charge in [0.2, 0.25) is 0 Å². The number of hydrogen-bond acceptors (Lipinski definition) is 3. The molecule has 0 spiro atoms. The number of aromatic nitrogens is 2. The molecule has 1 aromatic rings. The molecular formula is C4H2BrN3W2-2. The maximum atomic E-state index is 5.26. The van der Waals surface area contributed by atoms with Gasteiger partial charge in [-0.3, -0.25) is 0 Å². The Morgan fingerprint density at radius 1 is 1.40 bits per heavy atom. The van der Waals surface area contributed by atoms with Gasteiger partial charge in [0.1, 0.15) is 0 Å². The van der Waals surface area contributed by atoms with Crippen LogP contribution in [0.4, 0.5) is 5.82 Å². The summed E-state index contributed by atoms with van der Waals surface area (Å²) in [7, 11) is 0. The van der Waals surface area contributed by atoms with Crippen LogP contribution in [0.15, 0.2) is 4.47 Å². The summed E-state index contributed by atoms with van der Waals surface area (Å²) in [5.41, 5.74) is 5.26. The second-order valence-electron chi connectivity index (χ2n) is 1.13. The molecule has 1 heterocycles. The molecule has 0 bridgehead atoms. The molecule has 0 aromatic carbocycles. The van der Waals surface area contributed by atoms with Crippen molar-refractivity contribution < 1.29 is 42.1 Å². The van der Waals surface area contributed by atoms with E-state index in [-0.39, 0.29) is 42.1 Å². The van der Waals surface area contributed by atoms with Crippen molar-refractivity contribution >= 4 is 21.7 Å². The second kappa shape index (κ2) is 6.45. The van der Waals surface area contributed by atoms with Crippen LogP contribution >= 0.6 is 15.9 Å². The first-order chi connectivity index (χ1) is 3.80. The maximum Gasteiger partial charge on any atom is 0 e. The third kappa shape index (κ3) is 3.80. The average molecular weight is 540 g/mol. The molecule has 2 N–H and O–H groups in total. The SMILES string of the molecule is Nc1n[c-]n[c-]c1Br.[W].[W]. The fourth-order valence-corrected chi connectivity index (χ4v) is 0.437.